The SMILES string of the molecule is Cc1cc(=O)c(C(=O)NNC(=O)CSc2ccccc2F)nn1-c1ccccc1. The van der Waals surface area contributed by atoms with Gasteiger partial charge in [-0.05, 0) is 31.2 Å². The van der Waals surface area contributed by atoms with Crippen LogP contribution in [0, 0.1) is 12.7 Å². The maximum Gasteiger partial charge on any atom is 0.294 e. The zero-order chi connectivity index (χ0) is 20.8. The molecule has 3 rings (SSSR count). The molecule has 1 heterocycles. The van der Waals surface area contributed by atoms with Crippen LogP contribution >= 0.6 is 11.8 Å². The molecule has 2 N–H and O–H groups in total. The van der Waals surface area contributed by atoms with Crippen LogP contribution < -0.4 is 16.3 Å². The molecule has 0 atom stereocenters. The van der Waals surface area contributed by atoms with E-state index < -0.39 is 23.1 Å². The number of hydrogen-bond acceptors (Lipinski definition) is 5. The summed E-state index contributed by atoms with van der Waals surface area (Å²) in [6.07, 6.45) is 0. The Hall–Kier alpha value is -3.46. The molecule has 1 aromatic heterocycles. The Morgan fingerprint density at radius 3 is 2.48 bits per heavy atom. The standard InChI is InChI=1S/C20H17FN4O3S/c1-13-11-16(26)19(24-25(13)14-7-3-2-4-8-14)20(28)23-22-18(27)12-29-17-10-6-5-9-15(17)21/h2-11H,12H2,1H3,(H,22,27)(H,23,28). The van der Waals surface area contributed by atoms with Gasteiger partial charge in [-0.1, -0.05) is 30.3 Å². The minimum absolute atomic E-state index is 0.114. The molecule has 148 valence electrons. The molecular weight excluding hydrogens is 395 g/mol. The van der Waals surface area contributed by atoms with Crippen LogP contribution in [0.2, 0.25) is 0 Å². The summed E-state index contributed by atoms with van der Waals surface area (Å²) in [7, 11) is 0. The second-order valence-electron chi connectivity index (χ2n) is 5.97. The highest BCUT2D eigenvalue weighted by Gasteiger charge is 2.16. The number of nitrogens with zero attached hydrogens (tertiary/aromatic N) is 2. The second-order valence-corrected chi connectivity index (χ2v) is 6.98. The van der Waals surface area contributed by atoms with E-state index in [0.29, 0.717) is 16.3 Å². The van der Waals surface area contributed by atoms with Crippen LogP contribution in [0.3, 0.4) is 0 Å². The summed E-state index contributed by atoms with van der Waals surface area (Å²) in [5.74, 6) is -1.94. The fourth-order valence-electron chi connectivity index (χ4n) is 2.46. The molecule has 0 saturated carbocycles. The first kappa shape index (κ1) is 20.3. The van der Waals surface area contributed by atoms with Gasteiger partial charge >= 0.3 is 0 Å². The van der Waals surface area contributed by atoms with Gasteiger partial charge in [-0.2, -0.15) is 5.10 Å². The maximum atomic E-state index is 13.6. The van der Waals surface area contributed by atoms with Gasteiger partial charge in [0.25, 0.3) is 5.91 Å². The van der Waals surface area contributed by atoms with Gasteiger partial charge in [-0.15, -0.1) is 11.8 Å². The fourth-order valence-corrected chi connectivity index (χ4v) is 3.20. The van der Waals surface area contributed by atoms with E-state index in [1.807, 2.05) is 18.2 Å². The van der Waals surface area contributed by atoms with Crippen LogP contribution in [0.5, 0.6) is 0 Å². The Morgan fingerprint density at radius 1 is 1.07 bits per heavy atom. The van der Waals surface area contributed by atoms with Crippen molar-refractivity contribution in [1.29, 1.82) is 0 Å². The number of aromatic nitrogens is 2. The molecule has 0 saturated heterocycles. The predicted octanol–water partition coefficient (Wildman–Crippen LogP) is 2.23. The number of nitrogens with one attached hydrogen (secondary N) is 2. The molecule has 3 aromatic rings. The lowest BCUT2D eigenvalue weighted by Gasteiger charge is -2.11. The average molecular weight is 412 g/mol. The van der Waals surface area contributed by atoms with E-state index in [0.717, 1.165) is 11.8 Å². The normalized spacial score (nSPS) is 10.4. The van der Waals surface area contributed by atoms with E-state index in [9.17, 15) is 18.8 Å². The molecule has 0 unspecified atom stereocenters. The highest BCUT2D eigenvalue weighted by Crippen LogP contribution is 2.20. The number of hydrogen-bond donors (Lipinski definition) is 2. The van der Waals surface area contributed by atoms with Crippen molar-refractivity contribution < 1.29 is 14.0 Å². The fraction of sp³-hybridized carbons (Fsp3) is 0.100. The van der Waals surface area contributed by atoms with Crippen molar-refractivity contribution >= 4 is 23.6 Å². The summed E-state index contributed by atoms with van der Waals surface area (Å²) in [5, 5.41) is 4.11. The van der Waals surface area contributed by atoms with Gasteiger partial charge < -0.3 is 0 Å². The zero-order valence-corrected chi connectivity index (χ0v) is 16.2. The van der Waals surface area contributed by atoms with E-state index in [1.165, 1.54) is 16.8 Å². The first-order valence-electron chi connectivity index (χ1n) is 8.58. The predicted molar refractivity (Wildman–Crippen MR) is 107 cm³/mol. The largest absolute Gasteiger partial charge is 0.294 e. The van der Waals surface area contributed by atoms with Crippen molar-refractivity contribution in [2.45, 2.75) is 11.8 Å². The van der Waals surface area contributed by atoms with Crippen LogP contribution in [-0.4, -0.2) is 27.3 Å². The van der Waals surface area contributed by atoms with E-state index in [4.69, 9.17) is 0 Å². The average Bonchev–Trinajstić information content (AvgIpc) is 2.72. The summed E-state index contributed by atoms with van der Waals surface area (Å²) >= 11 is 0.988. The van der Waals surface area contributed by atoms with Gasteiger partial charge in [-0.25, -0.2) is 9.07 Å². The van der Waals surface area contributed by atoms with E-state index in [-0.39, 0.29) is 11.4 Å². The van der Waals surface area contributed by atoms with Gasteiger partial charge in [-0.3, -0.25) is 25.2 Å². The lowest BCUT2D eigenvalue weighted by atomic mass is 10.3. The minimum atomic E-state index is -0.844. The molecule has 2 aromatic carbocycles. The molecular formula is C20H17FN4O3S. The van der Waals surface area contributed by atoms with E-state index in [1.54, 1.807) is 37.3 Å². The van der Waals surface area contributed by atoms with Gasteiger partial charge in [0.05, 0.1) is 11.4 Å². The molecule has 0 radical (unpaired) electrons. The third-order valence-electron chi connectivity index (χ3n) is 3.83. The van der Waals surface area contributed by atoms with Crippen LogP contribution in [-0.2, 0) is 4.79 Å². The molecule has 0 bridgehead atoms. The molecule has 0 spiro atoms. The maximum absolute atomic E-state index is 13.6. The molecule has 0 aliphatic rings. The monoisotopic (exact) mass is 412 g/mol. The van der Waals surface area contributed by atoms with Gasteiger partial charge in [0.1, 0.15) is 5.82 Å². The Kier molecular flexibility index (Phi) is 6.40. The smallest absolute Gasteiger partial charge is 0.287 e. The number of para-hydroxylation sites is 1. The highest BCUT2D eigenvalue weighted by molar-refractivity contribution is 8.00. The van der Waals surface area contributed by atoms with Crippen molar-refractivity contribution in [3.63, 3.8) is 0 Å². The Labute approximate surface area is 169 Å². The van der Waals surface area contributed by atoms with Gasteiger partial charge in [0.2, 0.25) is 11.3 Å². The van der Waals surface area contributed by atoms with Crippen molar-refractivity contribution in [3.8, 4) is 5.69 Å². The van der Waals surface area contributed by atoms with E-state index >= 15 is 0 Å². The third kappa shape index (κ3) is 5.08. The Bertz CT molecular complexity index is 1100. The van der Waals surface area contributed by atoms with Crippen molar-refractivity contribution in [3.05, 3.63) is 88.1 Å². The molecule has 29 heavy (non-hydrogen) atoms. The highest BCUT2D eigenvalue weighted by atomic mass is 32.2. The second kappa shape index (κ2) is 9.16. The molecule has 2 amide bonds. The number of rotatable bonds is 5. The Morgan fingerprint density at radius 2 is 1.76 bits per heavy atom. The molecule has 0 aliphatic heterocycles. The Balaban J connectivity index is 1.65. The zero-order valence-electron chi connectivity index (χ0n) is 15.4. The van der Waals surface area contributed by atoms with Crippen molar-refractivity contribution in [2.24, 2.45) is 0 Å². The number of hydrazine groups is 1. The van der Waals surface area contributed by atoms with Crippen LogP contribution in [0.1, 0.15) is 16.2 Å². The summed E-state index contributed by atoms with van der Waals surface area (Å²) in [6.45, 7) is 1.70. The van der Waals surface area contributed by atoms with Crippen LogP contribution in [0.15, 0.2) is 70.4 Å². The lowest BCUT2D eigenvalue weighted by molar-refractivity contribution is -0.119. The third-order valence-corrected chi connectivity index (χ3v) is 4.88. The van der Waals surface area contributed by atoms with Crippen LogP contribution in [0.25, 0.3) is 5.69 Å². The topological polar surface area (TPSA) is 93.1 Å². The van der Waals surface area contributed by atoms with E-state index in [2.05, 4.69) is 16.0 Å². The number of aryl methyl sites for hydroxylation is 1. The van der Waals surface area contributed by atoms with Gasteiger partial charge in [0.15, 0.2) is 5.69 Å². The van der Waals surface area contributed by atoms with Crippen molar-refractivity contribution in [2.75, 3.05) is 5.75 Å². The first-order valence-corrected chi connectivity index (χ1v) is 9.57. The summed E-state index contributed by atoms with van der Waals surface area (Å²) in [5.41, 5.74) is 4.68. The summed E-state index contributed by atoms with van der Waals surface area (Å²) in [4.78, 5) is 36.7. The van der Waals surface area contributed by atoms with Crippen LogP contribution in [0.4, 0.5) is 4.39 Å². The number of amides is 2. The lowest BCUT2D eigenvalue weighted by Crippen LogP contribution is -2.44. The number of carbonyl (C=O) groups is 2. The summed E-state index contributed by atoms with van der Waals surface area (Å²) in [6, 6.07) is 16.4. The first-order chi connectivity index (χ1) is 14.0. The number of benzene rings is 2. The number of carbonyl (C=O) groups excluding carboxylic acids is 2. The number of halogens is 1. The molecule has 9 heteroatoms. The molecule has 0 aliphatic carbocycles. The number of thioether (sulfide) groups is 1. The molecule has 7 nitrogen and oxygen atoms in total. The van der Waals surface area contributed by atoms with Crippen molar-refractivity contribution in [1.82, 2.24) is 20.6 Å². The quantitative estimate of drug-likeness (QED) is 0.495. The summed E-state index contributed by atoms with van der Waals surface area (Å²) < 4.78 is 15.0. The van der Waals surface area contributed by atoms with Gasteiger partial charge in [0, 0.05) is 16.7 Å². The minimum Gasteiger partial charge on any atom is -0.287 e. The molecule has 0 fully saturated rings.